The normalized spacial score (nSPS) is 19.6. The summed E-state index contributed by atoms with van der Waals surface area (Å²) in [4.78, 5) is 12.9. The molecular weight excluding hydrogens is 226 g/mol. The van der Waals surface area contributed by atoms with Crippen LogP contribution in [0.25, 0.3) is 0 Å². The van der Waals surface area contributed by atoms with Crippen LogP contribution in [0, 0.1) is 11.8 Å². The van der Waals surface area contributed by atoms with Gasteiger partial charge in [0, 0.05) is 12.0 Å². The molecule has 0 spiro atoms. The van der Waals surface area contributed by atoms with Gasteiger partial charge in [-0.2, -0.15) is 15.0 Å². The Morgan fingerprint density at radius 2 is 1.67 bits per heavy atom. The van der Waals surface area contributed by atoms with Crippen molar-refractivity contribution >= 4 is 11.9 Å². The van der Waals surface area contributed by atoms with E-state index in [2.05, 4.69) is 34.1 Å². The Labute approximate surface area is 108 Å². The Morgan fingerprint density at radius 1 is 1.06 bits per heavy atom. The first-order chi connectivity index (χ1) is 8.63. The molecule has 3 N–H and O–H groups in total. The lowest BCUT2D eigenvalue weighted by molar-refractivity contribution is 0.561. The van der Waals surface area contributed by atoms with Crippen molar-refractivity contribution in [2.45, 2.75) is 51.5 Å². The van der Waals surface area contributed by atoms with Gasteiger partial charge >= 0.3 is 0 Å². The summed E-state index contributed by atoms with van der Waals surface area (Å²) in [6, 6.07) is 0.548. The van der Waals surface area contributed by atoms with E-state index in [9.17, 15) is 0 Å². The number of hydrogen-bond donors (Lipinski definition) is 2. The van der Waals surface area contributed by atoms with Gasteiger partial charge in [0.25, 0.3) is 0 Å². The zero-order chi connectivity index (χ0) is 12.7. The lowest BCUT2D eigenvalue weighted by atomic mass is 10.1. The summed E-state index contributed by atoms with van der Waals surface area (Å²) >= 11 is 0. The van der Waals surface area contributed by atoms with Gasteiger partial charge in [-0.15, -0.1) is 0 Å². The number of rotatable bonds is 5. The fourth-order valence-electron chi connectivity index (χ4n) is 2.41. The standard InChI is InChI=1S/C13H21N5/c1-7(2)11-16-12(14)18-13(17-11)15-10(8-3-4-8)9-5-6-9/h7-10H,3-6H2,1-2H3,(H3,14,15,16,17,18). The van der Waals surface area contributed by atoms with E-state index in [4.69, 9.17) is 5.73 Å². The quantitative estimate of drug-likeness (QED) is 0.834. The summed E-state index contributed by atoms with van der Waals surface area (Å²) < 4.78 is 0. The molecule has 1 heterocycles. The summed E-state index contributed by atoms with van der Waals surface area (Å²) in [7, 11) is 0. The molecule has 1 aromatic rings. The molecule has 0 saturated heterocycles. The van der Waals surface area contributed by atoms with Crippen LogP contribution in [0.3, 0.4) is 0 Å². The Hall–Kier alpha value is -1.39. The summed E-state index contributed by atoms with van der Waals surface area (Å²) in [5.74, 6) is 3.67. The molecule has 2 saturated carbocycles. The lowest BCUT2D eigenvalue weighted by Crippen LogP contribution is -2.26. The molecule has 5 heteroatoms. The van der Waals surface area contributed by atoms with Gasteiger partial charge in [-0.25, -0.2) is 0 Å². The molecule has 0 aromatic carbocycles. The van der Waals surface area contributed by atoms with Crippen molar-refractivity contribution in [1.82, 2.24) is 15.0 Å². The Kier molecular flexibility index (Phi) is 2.84. The van der Waals surface area contributed by atoms with Gasteiger partial charge in [0.15, 0.2) is 0 Å². The van der Waals surface area contributed by atoms with E-state index in [1.165, 1.54) is 25.7 Å². The average molecular weight is 247 g/mol. The van der Waals surface area contributed by atoms with Crippen LogP contribution < -0.4 is 11.1 Å². The minimum absolute atomic E-state index is 0.274. The fraction of sp³-hybridized carbons (Fsp3) is 0.769. The lowest BCUT2D eigenvalue weighted by Gasteiger charge is -2.18. The highest BCUT2D eigenvalue weighted by Gasteiger charge is 2.41. The molecule has 0 unspecified atom stereocenters. The largest absolute Gasteiger partial charge is 0.368 e. The van der Waals surface area contributed by atoms with Crippen LogP contribution in [0.5, 0.6) is 0 Å². The number of hydrogen-bond acceptors (Lipinski definition) is 5. The Balaban J connectivity index is 1.78. The second kappa shape index (κ2) is 4.37. The third kappa shape index (κ3) is 2.54. The van der Waals surface area contributed by atoms with E-state index >= 15 is 0 Å². The smallest absolute Gasteiger partial charge is 0.227 e. The molecule has 3 rings (SSSR count). The van der Waals surface area contributed by atoms with Crippen LogP contribution in [-0.4, -0.2) is 21.0 Å². The topological polar surface area (TPSA) is 76.7 Å². The van der Waals surface area contributed by atoms with E-state index in [1.54, 1.807) is 0 Å². The minimum Gasteiger partial charge on any atom is -0.368 e. The van der Waals surface area contributed by atoms with Crippen molar-refractivity contribution in [3.8, 4) is 0 Å². The number of nitrogen functional groups attached to an aromatic ring is 1. The number of nitrogens with zero attached hydrogens (tertiary/aromatic N) is 3. The molecule has 5 nitrogen and oxygen atoms in total. The Bertz CT molecular complexity index is 425. The first kappa shape index (κ1) is 11.7. The minimum atomic E-state index is 0.274. The molecule has 2 aliphatic rings. The maximum Gasteiger partial charge on any atom is 0.227 e. The SMILES string of the molecule is CC(C)c1nc(N)nc(NC(C2CC2)C2CC2)n1. The maximum atomic E-state index is 5.75. The van der Waals surface area contributed by atoms with Gasteiger partial charge in [-0.05, 0) is 37.5 Å². The first-order valence-electron chi connectivity index (χ1n) is 6.91. The summed E-state index contributed by atoms with van der Waals surface area (Å²) in [6.07, 6.45) is 5.36. The van der Waals surface area contributed by atoms with Gasteiger partial charge in [0.05, 0.1) is 0 Å². The van der Waals surface area contributed by atoms with Crippen LogP contribution in [0.15, 0.2) is 0 Å². The van der Waals surface area contributed by atoms with Gasteiger partial charge in [-0.3, -0.25) is 0 Å². The van der Waals surface area contributed by atoms with E-state index < -0.39 is 0 Å². The van der Waals surface area contributed by atoms with E-state index in [0.717, 1.165) is 17.7 Å². The average Bonchev–Trinajstić information content (AvgIpc) is 3.16. The van der Waals surface area contributed by atoms with Gasteiger partial charge < -0.3 is 11.1 Å². The Morgan fingerprint density at radius 3 is 2.17 bits per heavy atom. The molecule has 0 amide bonds. The van der Waals surface area contributed by atoms with E-state index in [0.29, 0.717) is 17.9 Å². The van der Waals surface area contributed by atoms with Crippen LogP contribution in [0.1, 0.15) is 51.3 Å². The predicted molar refractivity (Wildman–Crippen MR) is 71.2 cm³/mol. The molecular formula is C13H21N5. The summed E-state index contributed by atoms with van der Waals surface area (Å²) in [5, 5.41) is 3.50. The van der Waals surface area contributed by atoms with Crippen molar-refractivity contribution in [2.75, 3.05) is 11.1 Å². The van der Waals surface area contributed by atoms with Crippen LogP contribution in [0.2, 0.25) is 0 Å². The van der Waals surface area contributed by atoms with Gasteiger partial charge in [-0.1, -0.05) is 13.8 Å². The molecule has 1 aromatic heterocycles. The highest BCUT2D eigenvalue weighted by molar-refractivity contribution is 5.34. The van der Waals surface area contributed by atoms with Crippen LogP contribution in [-0.2, 0) is 0 Å². The first-order valence-corrected chi connectivity index (χ1v) is 6.91. The molecule has 98 valence electrons. The molecule has 0 atom stereocenters. The zero-order valence-electron chi connectivity index (χ0n) is 11.1. The number of nitrogens with one attached hydrogen (secondary N) is 1. The van der Waals surface area contributed by atoms with Crippen molar-refractivity contribution < 1.29 is 0 Å². The number of nitrogens with two attached hydrogens (primary N) is 1. The van der Waals surface area contributed by atoms with Gasteiger partial charge in [0.2, 0.25) is 11.9 Å². The molecule has 0 radical (unpaired) electrons. The third-order valence-electron chi connectivity index (χ3n) is 3.74. The zero-order valence-corrected chi connectivity index (χ0v) is 11.1. The maximum absolute atomic E-state index is 5.75. The molecule has 0 bridgehead atoms. The van der Waals surface area contributed by atoms with Crippen molar-refractivity contribution in [3.63, 3.8) is 0 Å². The van der Waals surface area contributed by atoms with Crippen LogP contribution >= 0.6 is 0 Å². The summed E-state index contributed by atoms with van der Waals surface area (Å²) in [5.41, 5.74) is 5.75. The number of aromatic nitrogens is 3. The fourth-order valence-corrected chi connectivity index (χ4v) is 2.41. The van der Waals surface area contributed by atoms with Crippen LogP contribution in [0.4, 0.5) is 11.9 Å². The second-order valence-electron chi connectivity index (χ2n) is 5.88. The van der Waals surface area contributed by atoms with Crippen molar-refractivity contribution in [2.24, 2.45) is 11.8 Å². The van der Waals surface area contributed by atoms with Crippen molar-refractivity contribution in [3.05, 3.63) is 5.82 Å². The highest BCUT2D eigenvalue weighted by atomic mass is 15.2. The van der Waals surface area contributed by atoms with Crippen molar-refractivity contribution in [1.29, 1.82) is 0 Å². The molecule has 18 heavy (non-hydrogen) atoms. The predicted octanol–water partition coefficient (Wildman–Crippen LogP) is 2.18. The van der Waals surface area contributed by atoms with Gasteiger partial charge in [0.1, 0.15) is 5.82 Å². The van der Waals surface area contributed by atoms with E-state index in [1.807, 2.05) is 0 Å². The molecule has 2 aliphatic carbocycles. The number of anilines is 2. The molecule has 2 fully saturated rings. The molecule has 0 aliphatic heterocycles. The monoisotopic (exact) mass is 247 g/mol. The van der Waals surface area contributed by atoms with E-state index in [-0.39, 0.29) is 5.92 Å². The summed E-state index contributed by atoms with van der Waals surface area (Å²) in [6.45, 7) is 4.13. The second-order valence-corrected chi connectivity index (χ2v) is 5.88. The third-order valence-corrected chi connectivity index (χ3v) is 3.74. The highest BCUT2D eigenvalue weighted by Crippen LogP contribution is 2.45.